The summed E-state index contributed by atoms with van der Waals surface area (Å²) < 4.78 is 11.3. The number of morpholine rings is 1. The molecule has 1 saturated heterocycles. The number of hydrogen-bond acceptors (Lipinski definition) is 5. The molecule has 0 spiro atoms. The Bertz CT molecular complexity index is 848. The number of nitrogens with zero attached hydrogens (tertiary/aromatic N) is 2. The average molecular weight is 328 g/mol. The van der Waals surface area contributed by atoms with Crippen molar-refractivity contribution in [3.63, 3.8) is 0 Å². The average Bonchev–Trinajstić information content (AvgIpc) is 2.60. The number of rotatable bonds is 3. The van der Waals surface area contributed by atoms with E-state index in [0.717, 1.165) is 0 Å². The van der Waals surface area contributed by atoms with Gasteiger partial charge in [0.1, 0.15) is 5.58 Å². The highest BCUT2D eigenvalue weighted by molar-refractivity contribution is 5.99. The Morgan fingerprint density at radius 2 is 1.96 bits per heavy atom. The summed E-state index contributed by atoms with van der Waals surface area (Å²) in [6, 6.07) is 4.76. The minimum absolute atomic E-state index is 0.170. The van der Waals surface area contributed by atoms with Crippen LogP contribution in [0.25, 0.3) is 17.0 Å². The van der Waals surface area contributed by atoms with E-state index in [4.69, 9.17) is 9.15 Å². The fourth-order valence-electron chi connectivity index (χ4n) is 2.75. The van der Waals surface area contributed by atoms with E-state index < -0.39 is 0 Å². The number of carbonyl (C=O) groups is 1. The summed E-state index contributed by atoms with van der Waals surface area (Å²) in [5.74, 6) is 0.349. The van der Waals surface area contributed by atoms with Gasteiger partial charge < -0.3 is 19.0 Å². The standard InChI is InChI=1S/C18H20N2O4/c1-4-12-9-13(18(22)19(2)3)10-14-15(21)11-16(24-17(12)14)20-5-7-23-8-6-20/h4,9-11H,1,5-8H2,2-3H3. The van der Waals surface area contributed by atoms with E-state index in [9.17, 15) is 9.59 Å². The maximum absolute atomic E-state index is 12.6. The van der Waals surface area contributed by atoms with Crippen LogP contribution in [0.2, 0.25) is 0 Å². The molecule has 0 N–H and O–H groups in total. The Balaban J connectivity index is 2.16. The van der Waals surface area contributed by atoms with Gasteiger partial charge in [-0.1, -0.05) is 12.7 Å². The number of carbonyl (C=O) groups excluding carboxylic acids is 1. The number of benzene rings is 1. The SMILES string of the molecule is C=Cc1cc(C(=O)N(C)C)cc2c(=O)cc(N3CCOCC3)oc12. The van der Waals surface area contributed by atoms with Gasteiger partial charge in [-0.25, -0.2) is 0 Å². The first-order chi connectivity index (χ1) is 11.5. The molecule has 1 aliphatic heterocycles. The Kier molecular flexibility index (Phi) is 4.40. The minimum Gasteiger partial charge on any atom is -0.440 e. The van der Waals surface area contributed by atoms with Crippen LogP contribution in [0.3, 0.4) is 0 Å². The van der Waals surface area contributed by atoms with Crippen LogP contribution < -0.4 is 10.3 Å². The monoisotopic (exact) mass is 328 g/mol. The van der Waals surface area contributed by atoms with Crippen LogP contribution in [0.1, 0.15) is 15.9 Å². The van der Waals surface area contributed by atoms with E-state index >= 15 is 0 Å². The molecule has 3 rings (SSSR count). The van der Waals surface area contributed by atoms with Crippen LogP contribution >= 0.6 is 0 Å². The lowest BCUT2D eigenvalue weighted by molar-refractivity contribution is 0.0827. The van der Waals surface area contributed by atoms with Crippen molar-refractivity contribution in [2.45, 2.75) is 0 Å². The molecule has 0 radical (unpaired) electrons. The van der Waals surface area contributed by atoms with Crippen molar-refractivity contribution in [1.82, 2.24) is 4.90 Å². The van der Waals surface area contributed by atoms with Crippen molar-refractivity contribution >= 4 is 28.8 Å². The Morgan fingerprint density at radius 3 is 2.58 bits per heavy atom. The van der Waals surface area contributed by atoms with Crippen LogP contribution in [-0.4, -0.2) is 51.2 Å². The second kappa shape index (κ2) is 6.49. The van der Waals surface area contributed by atoms with Gasteiger partial charge in [-0.2, -0.15) is 0 Å². The zero-order valence-corrected chi connectivity index (χ0v) is 13.9. The number of fused-ring (bicyclic) bond motifs is 1. The van der Waals surface area contributed by atoms with E-state index in [1.165, 1.54) is 11.0 Å². The minimum atomic E-state index is -0.172. The fourth-order valence-corrected chi connectivity index (χ4v) is 2.75. The third-order valence-electron chi connectivity index (χ3n) is 4.04. The maximum atomic E-state index is 12.6. The van der Waals surface area contributed by atoms with Crippen molar-refractivity contribution in [1.29, 1.82) is 0 Å². The van der Waals surface area contributed by atoms with Crippen molar-refractivity contribution in [2.24, 2.45) is 0 Å². The predicted octanol–water partition coefficient (Wildman–Crippen LogP) is 1.97. The number of hydrogen-bond donors (Lipinski definition) is 0. The van der Waals surface area contributed by atoms with Crippen LogP contribution in [0.5, 0.6) is 0 Å². The van der Waals surface area contributed by atoms with Gasteiger partial charge in [-0.05, 0) is 12.1 Å². The molecule has 0 aliphatic carbocycles. The molecule has 1 fully saturated rings. The van der Waals surface area contributed by atoms with E-state index in [1.54, 1.807) is 32.3 Å². The largest absolute Gasteiger partial charge is 0.440 e. The molecule has 2 aromatic rings. The molecule has 0 unspecified atom stereocenters. The van der Waals surface area contributed by atoms with Crippen molar-refractivity contribution in [3.05, 3.63) is 46.1 Å². The zero-order valence-electron chi connectivity index (χ0n) is 13.9. The lowest BCUT2D eigenvalue weighted by Crippen LogP contribution is -2.36. The Labute approximate surface area is 139 Å². The summed E-state index contributed by atoms with van der Waals surface area (Å²) in [4.78, 5) is 28.2. The molecule has 0 bridgehead atoms. The maximum Gasteiger partial charge on any atom is 0.253 e. The van der Waals surface area contributed by atoms with Gasteiger partial charge in [0.15, 0.2) is 11.3 Å². The van der Waals surface area contributed by atoms with Gasteiger partial charge in [0.25, 0.3) is 5.91 Å². The second-order valence-corrected chi connectivity index (χ2v) is 5.89. The molecule has 6 heteroatoms. The van der Waals surface area contributed by atoms with Crippen LogP contribution in [0.4, 0.5) is 5.88 Å². The summed E-state index contributed by atoms with van der Waals surface area (Å²) in [7, 11) is 3.34. The molecular weight excluding hydrogens is 308 g/mol. The first kappa shape index (κ1) is 16.3. The molecule has 2 heterocycles. The third kappa shape index (κ3) is 2.92. The van der Waals surface area contributed by atoms with E-state index in [2.05, 4.69) is 6.58 Å². The quantitative estimate of drug-likeness (QED) is 0.862. The topological polar surface area (TPSA) is 63.0 Å². The van der Waals surface area contributed by atoms with E-state index in [1.807, 2.05) is 4.90 Å². The molecule has 1 aromatic heterocycles. The number of ether oxygens (including phenoxy) is 1. The lowest BCUT2D eigenvalue weighted by Gasteiger charge is -2.27. The first-order valence-corrected chi connectivity index (χ1v) is 7.80. The number of anilines is 1. The molecule has 0 saturated carbocycles. The van der Waals surface area contributed by atoms with Crippen molar-refractivity contribution < 1.29 is 13.9 Å². The van der Waals surface area contributed by atoms with Crippen LogP contribution in [0.15, 0.2) is 34.0 Å². The molecule has 1 aliphatic rings. The van der Waals surface area contributed by atoms with Crippen molar-refractivity contribution in [2.75, 3.05) is 45.3 Å². The molecule has 24 heavy (non-hydrogen) atoms. The van der Waals surface area contributed by atoms with E-state index in [0.29, 0.717) is 54.3 Å². The smallest absolute Gasteiger partial charge is 0.253 e. The molecule has 1 amide bonds. The number of amides is 1. The van der Waals surface area contributed by atoms with Gasteiger partial charge in [0, 0.05) is 44.4 Å². The molecular formula is C18H20N2O4. The highest BCUT2D eigenvalue weighted by Gasteiger charge is 2.18. The van der Waals surface area contributed by atoms with Gasteiger partial charge in [0.2, 0.25) is 0 Å². The van der Waals surface area contributed by atoms with Gasteiger partial charge in [0.05, 0.1) is 18.6 Å². The highest BCUT2D eigenvalue weighted by Crippen LogP contribution is 2.25. The molecule has 126 valence electrons. The van der Waals surface area contributed by atoms with Gasteiger partial charge in [-0.15, -0.1) is 0 Å². The molecule has 6 nitrogen and oxygen atoms in total. The normalized spacial score (nSPS) is 14.7. The molecule has 1 aromatic carbocycles. The van der Waals surface area contributed by atoms with Crippen LogP contribution in [-0.2, 0) is 4.74 Å². The Morgan fingerprint density at radius 1 is 1.25 bits per heavy atom. The Hall–Kier alpha value is -2.60. The first-order valence-electron chi connectivity index (χ1n) is 7.80. The van der Waals surface area contributed by atoms with E-state index in [-0.39, 0.29) is 11.3 Å². The lowest BCUT2D eigenvalue weighted by atomic mass is 10.0. The van der Waals surface area contributed by atoms with Crippen molar-refractivity contribution in [3.8, 4) is 0 Å². The summed E-state index contributed by atoms with van der Waals surface area (Å²) in [5, 5.41) is 0.384. The fraction of sp³-hybridized carbons (Fsp3) is 0.333. The summed E-state index contributed by atoms with van der Waals surface area (Å²) >= 11 is 0. The van der Waals surface area contributed by atoms with Gasteiger partial charge >= 0.3 is 0 Å². The molecule has 0 atom stereocenters. The van der Waals surface area contributed by atoms with Gasteiger partial charge in [-0.3, -0.25) is 9.59 Å². The zero-order chi connectivity index (χ0) is 17.3. The summed E-state index contributed by atoms with van der Waals surface area (Å²) in [5.41, 5.74) is 1.35. The highest BCUT2D eigenvalue weighted by atomic mass is 16.5. The van der Waals surface area contributed by atoms with Crippen LogP contribution in [0, 0.1) is 0 Å². The second-order valence-electron chi connectivity index (χ2n) is 5.89. The summed E-state index contributed by atoms with van der Waals surface area (Å²) in [6.07, 6.45) is 1.60. The predicted molar refractivity (Wildman–Crippen MR) is 93.6 cm³/mol. The third-order valence-corrected chi connectivity index (χ3v) is 4.04. The summed E-state index contributed by atoms with van der Waals surface area (Å²) in [6.45, 7) is 6.34.